The van der Waals surface area contributed by atoms with Crippen LogP contribution in [0.4, 0.5) is 18.0 Å². The van der Waals surface area contributed by atoms with Gasteiger partial charge in [-0.3, -0.25) is 0 Å². The fourth-order valence-corrected chi connectivity index (χ4v) is 1.85. The van der Waals surface area contributed by atoms with Gasteiger partial charge in [0.25, 0.3) is 0 Å². The van der Waals surface area contributed by atoms with E-state index in [4.69, 9.17) is 10.5 Å². The Labute approximate surface area is 104 Å². The number of ether oxygens (including phenoxy) is 1. The third-order valence-corrected chi connectivity index (χ3v) is 2.60. The van der Waals surface area contributed by atoms with Crippen LogP contribution in [0, 0.1) is 5.92 Å². The zero-order chi connectivity index (χ0) is 14.1. The molecule has 1 amide bonds. The smallest absolute Gasteiger partial charge is 0.410 e. The monoisotopic (exact) mass is 268 g/mol. The Hall–Kier alpha value is -0.980. The molecule has 1 heterocycles. The number of hydrogen-bond acceptors (Lipinski definition) is 3. The minimum atomic E-state index is -4.34. The van der Waals surface area contributed by atoms with Gasteiger partial charge in [0.15, 0.2) is 0 Å². The number of amides is 1. The number of hydrogen-bond donors (Lipinski definition) is 1. The molecule has 4 nitrogen and oxygen atoms in total. The molecule has 1 rings (SSSR count). The summed E-state index contributed by atoms with van der Waals surface area (Å²) in [7, 11) is 0. The van der Waals surface area contributed by atoms with Crippen LogP contribution in [0.2, 0.25) is 0 Å². The normalized spacial score (nSPS) is 26.1. The Balaban J connectivity index is 2.69. The number of nitrogens with two attached hydrogens (primary N) is 1. The van der Waals surface area contributed by atoms with E-state index in [9.17, 15) is 18.0 Å². The van der Waals surface area contributed by atoms with E-state index < -0.39 is 29.8 Å². The van der Waals surface area contributed by atoms with Crippen LogP contribution in [0.15, 0.2) is 0 Å². The molecule has 106 valence electrons. The lowest BCUT2D eigenvalue weighted by Gasteiger charge is -2.37. The van der Waals surface area contributed by atoms with Crippen LogP contribution in [0.3, 0.4) is 0 Å². The van der Waals surface area contributed by atoms with Crippen LogP contribution in [0.1, 0.15) is 27.2 Å². The molecule has 0 aliphatic carbocycles. The highest BCUT2D eigenvalue weighted by Crippen LogP contribution is 2.33. The molecule has 0 spiro atoms. The molecule has 0 aromatic rings. The topological polar surface area (TPSA) is 55.6 Å². The predicted octanol–water partition coefficient (Wildman–Crippen LogP) is 2.13. The van der Waals surface area contributed by atoms with Crippen molar-refractivity contribution < 1.29 is 22.7 Å². The summed E-state index contributed by atoms with van der Waals surface area (Å²) >= 11 is 0. The molecular weight excluding hydrogens is 249 g/mol. The van der Waals surface area contributed by atoms with Crippen molar-refractivity contribution in [3.05, 3.63) is 0 Å². The lowest BCUT2D eigenvalue weighted by atomic mass is 9.94. The molecular formula is C11H19F3N2O2. The first-order valence-electron chi connectivity index (χ1n) is 5.79. The fraction of sp³-hybridized carbons (Fsp3) is 0.909. The van der Waals surface area contributed by atoms with Gasteiger partial charge in [0, 0.05) is 19.1 Å². The molecule has 1 aliphatic rings. The van der Waals surface area contributed by atoms with Crippen molar-refractivity contribution in [3.8, 4) is 0 Å². The molecule has 0 aromatic carbocycles. The maximum Gasteiger partial charge on any atom is 0.410 e. The van der Waals surface area contributed by atoms with Gasteiger partial charge in [0.1, 0.15) is 5.60 Å². The number of carbonyl (C=O) groups is 1. The summed E-state index contributed by atoms with van der Waals surface area (Å²) in [4.78, 5) is 12.8. The minimum absolute atomic E-state index is 0.0987. The third kappa shape index (κ3) is 4.36. The van der Waals surface area contributed by atoms with E-state index in [2.05, 4.69) is 0 Å². The molecule has 1 saturated heterocycles. The standard InChI is InChI=1S/C11H19F3N2O2/c1-10(2,3)18-9(17)16-5-7(11(12,13)14)4-8(15)6-16/h7-8H,4-6,15H2,1-3H3. The molecule has 2 unspecified atom stereocenters. The molecule has 0 radical (unpaired) electrons. The number of rotatable bonds is 0. The Bertz CT molecular complexity index is 312. The number of halogens is 3. The van der Waals surface area contributed by atoms with Gasteiger partial charge < -0.3 is 15.4 Å². The Morgan fingerprint density at radius 1 is 1.28 bits per heavy atom. The maximum atomic E-state index is 12.7. The van der Waals surface area contributed by atoms with E-state index in [0.29, 0.717) is 0 Å². The van der Waals surface area contributed by atoms with Crippen molar-refractivity contribution >= 4 is 6.09 Å². The van der Waals surface area contributed by atoms with Gasteiger partial charge in [-0.25, -0.2) is 4.79 Å². The first-order valence-corrected chi connectivity index (χ1v) is 5.79. The van der Waals surface area contributed by atoms with Crippen LogP contribution in [-0.4, -0.2) is 41.9 Å². The molecule has 7 heteroatoms. The zero-order valence-corrected chi connectivity index (χ0v) is 10.8. The first-order chi connectivity index (χ1) is 7.99. The molecule has 1 fully saturated rings. The van der Waals surface area contributed by atoms with E-state index >= 15 is 0 Å². The minimum Gasteiger partial charge on any atom is -0.444 e. The van der Waals surface area contributed by atoms with Gasteiger partial charge in [-0.05, 0) is 27.2 Å². The first kappa shape index (κ1) is 15.1. The molecule has 0 bridgehead atoms. The second-order valence-electron chi connectivity index (χ2n) is 5.62. The van der Waals surface area contributed by atoms with Crippen LogP contribution in [0.25, 0.3) is 0 Å². The highest BCUT2D eigenvalue weighted by molar-refractivity contribution is 5.68. The van der Waals surface area contributed by atoms with E-state index in [0.717, 1.165) is 4.90 Å². The van der Waals surface area contributed by atoms with Crippen molar-refractivity contribution in [2.45, 2.75) is 45.0 Å². The summed E-state index contributed by atoms with van der Waals surface area (Å²) < 4.78 is 43.0. The average molecular weight is 268 g/mol. The average Bonchev–Trinajstić information content (AvgIpc) is 2.12. The van der Waals surface area contributed by atoms with E-state index in [-0.39, 0.29) is 19.5 Å². The summed E-state index contributed by atoms with van der Waals surface area (Å²) in [6.45, 7) is 4.70. The van der Waals surface area contributed by atoms with Crippen LogP contribution in [0.5, 0.6) is 0 Å². The summed E-state index contributed by atoms with van der Waals surface area (Å²) in [5, 5.41) is 0. The molecule has 2 N–H and O–H groups in total. The molecule has 1 aliphatic heterocycles. The van der Waals surface area contributed by atoms with Crippen molar-refractivity contribution in [1.82, 2.24) is 4.90 Å². The van der Waals surface area contributed by atoms with E-state index in [1.807, 2.05) is 0 Å². The zero-order valence-electron chi connectivity index (χ0n) is 10.8. The molecule has 0 aromatic heterocycles. The lowest BCUT2D eigenvalue weighted by Crippen LogP contribution is -2.53. The SMILES string of the molecule is CC(C)(C)OC(=O)N1CC(N)CC(C(F)(F)F)C1. The van der Waals surface area contributed by atoms with Gasteiger partial charge in [-0.1, -0.05) is 0 Å². The number of likely N-dealkylation sites (tertiary alicyclic amines) is 1. The number of nitrogens with zero attached hydrogens (tertiary/aromatic N) is 1. The Morgan fingerprint density at radius 2 is 1.83 bits per heavy atom. The van der Waals surface area contributed by atoms with E-state index in [1.54, 1.807) is 20.8 Å². The Morgan fingerprint density at radius 3 is 2.28 bits per heavy atom. The molecule has 2 atom stereocenters. The van der Waals surface area contributed by atoms with Crippen LogP contribution < -0.4 is 5.73 Å². The maximum absolute atomic E-state index is 12.7. The fourth-order valence-electron chi connectivity index (χ4n) is 1.85. The summed E-state index contributed by atoms with van der Waals surface area (Å²) in [5.41, 5.74) is 4.83. The van der Waals surface area contributed by atoms with E-state index in [1.165, 1.54) is 0 Å². The van der Waals surface area contributed by atoms with Crippen molar-refractivity contribution in [3.63, 3.8) is 0 Å². The molecule has 18 heavy (non-hydrogen) atoms. The Kier molecular flexibility index (Phi) is 4.15. The largest absolute Gasteiger partial charge is 0.444 e. The second kappa shape index (κ2) is 4.95. The second-order valence-corrected chi connectivity index (χ2v) is 5.62. The van der Waals surface area contributed by atoms with Gasteiger partial charge in [0.2, 0.25) is 0 Å². The van der Waals surface area contributed by atoms with Gasteiger partial charge in [0.05, 0.1) is 5.92 Å². The van der Waals surface area contributed by atoms with Crippen molar-refractivity contribution in [2.24, 2.45) is 11.7 Å². The number of carbonyl (C=O) groups excluding carboxylic acids is 1. The highest BCUT2D eigenvalue weighted by atomic mass is 19.4. The van der Waals surface area contributed by atoms with Crippen molar-refractivity contribution in [2.75, 3.05) is 13.1 Å². The molecule has 0 saturated carbocycles. The van der Waals surface area contributed by atoms with Crippen LogP contribution in [-0.2, 0) is 4.74 Å². The van der Waals surface area contributed by atoms with Gasteiger partial charge >= 0.3 is 12.3 Å². The number of alkyl halides is 3. The number of piperidine rings is 1. The highest BCUT2D eigenvalue weighted by Gasteiger charge is 2.45. The van der Waals surface area contributed by atoms with Gasteiger partial charge in [-0.2, -0.15) is 13.2 Å². The van der Waals surface area contributed by atoms with Crippen molar-refractivity contribution in [1.29, 1.82) is 0 Å². The van der Waals surface area contributed by atoms with Crippen LogP contribution >= 0.6 is 0 Å². The lowest BCUT2D eigenvalue weighted by molar-refractivity contribution is -0.186. The quantitative estimate of drug-likeness (QED) is 0.732. The summed E-state index contributed by atoms with van der Waals surface area (Å²) in [6, 6.07) is -0.669. The predicted molar refractivity (Wildman–Crippen MR) is 59.9 cm³/mol. The summed E-state index contributed by atoms with van der Waals surface area (Å²) in [5.74, 6) is -1.58. The third-order valence-electron chi connectivity index (χ3n) is 2.60. The van der Waals surface area contributed by atoms with Gasteiger partial charge in [-0.15, -0.1) is 0 Å². The summed E-state index contributed by atoms with van der Waals surface area (Å²) in [6.07, 6.45) is -5.23.